The van der Waals surface area contributed by atoms with Crippen LogP contribution >= 0.6 is 0 Å². The SMILES string of the molecule is CCC1CCCC(C(O)c2ccc3c(c2)COC3)C1. The molecular formula is C17H24O2. The number of fused-ring (bicyclic) bond motifs is 1. The van der Waals surface area contributed by atoms with Gasteiger partial charge in [-0.3, -0.25) is 0 Å². The maximum absolute atomic E-state index is 10.6. The molecule has 3 unspecified atom stereocenters. The molecule has 1 aromatic rings. The Bertz CT molecular complexity index is 441. The fraction of sp³-hybridized carbons (Fsp3) is 0.647. The van der Waals surface area contributed by atoms with Gasteiger partial charge in [0.15, 0.2) is 0 Å². The number of aliphatic hydroxyl groups excluding tert-OH is 1. The van der Waals surface area contributed by atoms with Crippen molar-refractivity contribution < 1.29 is 9.84 Å². The minimum atomic E-state index is -0.291. The molecule has 1 aliphatic carbocycles. The molecule has 2 heteroatoms. The maximum atomic E-state index is 10.6. The number of hydrogen-bond donors (Lipinski definition) is 1. The van der Waals surface area contributed by atoms with E-state index in [4.69, 9.17) is 4.74 Å². The first-order chi connectivity index (χ1) is 9.28. The van der Waals surface area contributed by atoms with Gasteiger partial charge in [-0.05, 0) is 41.4 Å². The average Bonchev–Trinajstić information content (AvgIpc) is 2.94. The highest BCUT2D eigenvalue weighted by atomic mass is 16.5. The van der Waals surface area contributed by atoms with Crippen molar-refractivity contribution in [1.82, 2.24) is 0 Å². The van der Waals surface area contributed by atoms with Gasteiger partial charge in [0.2, 0.25) is 0 Å². The van der Waals surface area contributed by atoms with Gasteiger partial charge in [0, 0.05) is 0 Å². The molecule has 1 aromatic carbocycles. The van der Waals surface area contributed by atoms with Gasteiger partial charge in [0.25, 0.3) is 0 Å². The Kier molecular flexibility index (Phi) is 3.90. The minimum Gasteiger partial charge on any atom is -0.388 e. The molecule has 1 aliphatic heterocycles. The van der Waals surface area contributed by atoms with E-state index in [1.165, 1.54) is 43.2 Å². The summed E-state index contributed by atoms with van der Waals surface area (Å²) in [6.45, 7) is 3.71. The van der Waals surface area contributed by atoms with Crippen molar-refractivity contribution in [3.63, 3.8) is 0 Å². The monoisotopic (exact) mass is 260 g/mol. The summed E-state index contributed by atoms with van der Waals surface area (Å²) in [5.74, 6) is 1.25. The van der Waals surface area contributed by atoms with Crippen LogP contribution in [0.2, 0.25) is 0 Å². The van der Waals surface area contributed by atoms with Gasteiger partial charge in [-0.1, -0.05) is 44.4 Å². The zero-order valence-corrected chi connectivity index (χ0v) is 11.8. The second kappa shape index (κ2) is 5.64. The quantitative estimate of drug-likeness (QED) is 0.891. The Morgan fingerprint density at radius 1 is 1.26 bits per heavy atom. The van der Waals surface area contributed by atoms with Crippen molar-refractivity contribution >= 4 is 0 Å². The second-order valence-corrected chi connectivity index (χ2v) is 6.17. The maximum Gasteiger partial charge on any atom is 0.0818 e. The molecule has 3 rings (SSSR count). The smallest absolute Gasteiger partial charge is 0.0818 e. The lowest BCUT2D eigenvalue weighted by atomic mass is 9.76. The summed E-state index contributed by atoms with van der Waals surface area (Å²) in [5.41, 5.74) is 3.64. The Morgan fingerprint density at radius 2 is 2.11 bits per heavy atom. The summed E-state index contributed by atoms with van der Waals surface area (Å²) in [6, 6.07) is 6.37. The van der Waals surface area contributed by atoms with Crippen LogP contribution in [0.3, 0.4) is 0 Å². The Morgan fingerprint density at radius 3 is 2.95 bits per heavy atom. The van der Waals surface area contributed by atoms with Crippen molar-refractivity contribution in [1.29, 1.82) is 0 Å². The van der Waals surface area contributed by atoms with Crippen LogP contribution in [0.5, 0.6) is 0 Å². The summed E-state index contributed by atoms with van der Waals surface area (Å²) in [7, 11) is 0. The fourth-order valence-corrected chi connectivity index (χ4v) is 3.64. The molecule has 2 aliphatic rings. The molecule has 0 radical (unpaired) electrons. The molecule has 1 fully saturated rings. The third-order valence-electron chi connectivity index (χ3n) is 4.93. The highest BCUT2D eigenvalue weighted by Gasteiger charge is 2.28. The lowest BCUT2D eigenvalue weighted by molar-refractivity contribution is 0.0677. The zero-order valence-electron chi connectivity index (χ0n) is 11.8. The Hall–Kier alpha value is -0.860. The van der Waals surface area contributed by atoms with Crippen LogP contribution in [0.1, 0.15) is 61.8 Å². The predicted molar refractivity (Wildman–Crippen MR) is 75.6 cm³/mol. The van der Waals surface area contributed by atoms with Crippen molar-refractivity contribution in [2.45, 2.75) is 58.3 Å². The Labute approximate surface area is 115 Å². The molecule has 0 saturated heterocycles. The van der Waals surface area contributed by atoms with Crippen molar-refractivity contribution in [2.75, 3.05) is 0 Å². The van der Waals surface area contributed by atoms with Gasteiger partial charge in [-0.25, -0.2) is 0 Å². The van der Waals surface area contributed by atoms with E-state index in [0.717, 1.165) is 18.1 Å². The topological polar surface area (TPSA) is 29.5 Å². The number of hydrogen-bond acceptors (Lipinski definition) is 2. The molecular weight excluding hydrogens is 236 g/mol. The van der Waals surface area contributed by atoms with Gasteiger partial charge in [-0.2, -0.15) is 0 Å². The van der Waals surface area contributed by atoms with Gasteiger partial charge in [0.05, 0.1) is 19.3 Å². The first kappa shape index (κ1) is 13.1. The molecule has 1 heterocycles. The van der Waals surface area contributed by atoms with Crippen LogP contribution in [0.25, 0.3) is 0 Å². The molecule has 1 saturated carbocycles. The third kappa shape index (κ3) is 2.70. The molecule has 0 aromatic heterocycles. The molecule has 0 spiro atoms. The molecule has 2 nitrogen and oxygen atoms in total. The average molecular weight is 260 g/mol. The Balaban J connectivity index is 1.74. The van der Waals surface area contributed by atoms with E-state index in [0.29, 0.717) is 12.5 Å². The van der Waals surface area contributed by atoms with Crippen LogP contribution in [-0.2, 0) is 18.0 Å². The van der Waals surface area contributed by atoms with E-state index < -0.39 is 0 Å². The number of benzene rings is 1. The number of aliphatic hydroxyl groups is 1. The summed E-state index contributed by atoms with van der Waals surface area (Å²) in [5, 5.41) is 10.6. The normalized spacial score (nSPS) is 28.1. The van der Waals surface area contributed by atoms with E-state index in [1.807, 2.05) is 0 Å². The molecule has 1 N–H and O–H groups in total. The third-order valence-corrected chi connectivity index (χ3v) is 4.93. The van der Waals surface area contributed by atoms with E-state index in [-0.39, 0.29) is 6.10 Å². The second-order valence-electron chi connectivity index (χ2n) is 6.17. The largest absolute Gasteiger partial charge is 0.388 e. The van der Waals surface area contributed by atoms with Gasteiger partial charge >= 0.3 is 0 Å². The summed E-state index contributed by atoms with van der Waals surface area (Å²) < 4.78 is 5.45. The number of ether oxygens (including phenoxy) is 1. The van der Waals surface area contributed by atoms with Crippen LogP contribution in [0.15, 0.2) is 18.2 Å². The lowest BCUT2D eigenvalue weighted by Crippen LogP contribution is -2.21. The van der Waals surface area contributed by atoms with Crippen LogP contribution < -0.4 is 0 Å². The summed E-state index contributed by atoms with van der Waals surface area (Å²) in [6.07, 6.45) is 5.93. The molecule has 19 heavy (non-hydrogen) atoms. The van der Waals surface area contributed by atoms with Crippen LogP contribution in [0.4, 0.5) is 0 Å². The predicted octanol–water partition coefficient (Wildman–Crippen LogP) is 3.97. The van der Waals surface area contributed by atoms with E-state index >= 15 is 0 Å². The first-order valence-corrected chi connectivity index (χ1v) is 7.65. The molecule has 0 amide bonds. The first-order valence-electron chi connectivity index (χ1n) is 7.65. The van der Waals surface area contributed by atoms with Crippen LogP contribution in [0, 0.1) is 11.8 Å². The minimum absolute atomic E-state index is 0.291. The molecule has 3 atom stereocenters. The summed E-state index contributed by atoms with van der Waals surface area (Å²) >= 11 is 0. The van der Waals surface area contributed by atoms with Gasteiger partial charge < -0.3 is 9.84 Å². The number of rotatable bonds is 3. The van der Waals surface area contributed by atoms with E-state index in [1.54, 1.807) is 0 Å². The van der Waals surface area contributed by atoms with Gasteiger partial charge in [0.1, 0.15) is 0 Å². The lowest BCUT2D eigenvalue weighted by Gasteiger charge is -2.32. The highest BCUT2D eigenvalue weighted by molar-refractivity contribution is 5.34. The van der Waals surface area contributed by atoms with Crippen molar-refractivity contribution in [3.05, 3.63) is 34.9 Å². The standard InChI is InChI=1S/C17H24O2/c1-2-12-4-3-5-13(8-12)17(18)14-6-7-15-10-19-11-16(15)9-14/h6-7,9,12-13,17-18H,2-5,8,10-11H2,1H3. The molecule has 104 valence electrons. The highest BCUT2D eigenvalue weighted by Crippen LogP contribution is 2.39. The van der Waals surface area contributed by atoms with Crippen LogP contribution in [-0.4, -0.2) is 5.11 Å². The zero-order chi connectivity index (χ0) is 13.2. The van der Waals surface area contributed by atoms with Crippen molar-refractivity contribution in [3.8, 4) is 0 Å². The fourth-order valence-electron chi connectivity index (χ4n) is 3.64. The summed E-state index contributed by atoms with van der Waals surface area (Å²) in [4.78, 5) is 0. The van der Waals surface area contributed by atoms with Gasteiger partial charge in [-0.15, -0.1) is 0 Å². The van der Waals surface area contributed by atoms with Crippen molar-refractivity contribution in [2.24, 2.45) is 11.8 Å². The van der Waals surface area contributed by atoms with E-state index in [9.17, 15) is 5.11 Å². The van der Waals surface area contributed by atoms with E-state index in [2.05, 4.69) is 25.1 Å². The molecule has 0 bridgehead atoms.